The molecule has 88 valence electrons. The molecule has 1 N–H and O–H groups in total. The Bertz CT molecular complexity index is 626. The molecule has 0 fully saturated rings. The highest BCUT2D eigenvalue weighted by Gasteiger charge is 2.14. The van der Waals surface area contributed by atoms with Crippen molar-refractivity contribution in [1.82, 2.24) is 0 Å². The molecule has 17 heavy (non-hydrogen) atoms. The highest BCUT2D eigenvalue weighted by atomic mass is 16.5. The molecule has 0 bridgehead atoms. The summed E-state index contributed by atoms with van der Waals surface area (Å²) in [4.78, 5) is 23.0. The summed E-state index contributed by atoms with van der Waals surface area (Å²) in [6, 6.07) is 5.93. The minimum absolute atomic E-state index is 0.0561. The van der Waals surface area contributed by atoms with Crippen LogP contribution < -0.4 is 5.63 Å². The Hall–Kier alpha value is -2.30. The lowest BCUT2D eigenvalue weighted by Crippen LogP contribution is -2.10. The highest BCUT2D eigenvalue weighted by Crippen LogP contribution is 2.21. The SMILES string of the molecule is CCOC(=O)c1cc2cccc(O)c2c(=O)o1. The van der Waals surface area contributed by atoms with Crippen LogP contribution in [-0.4, -0.2) is 17.7 Å². The van der Waals surface area contributed by atoms with Gasteiger partial charge in [0.25, 0.3) is 0 Å². The topological polar surface area (TPSA) is 76.7 Å². The summed E-state index contributed by atoms with van der Waals surface area (Å²) in [5, 5.41) is 10.00. The van der Waals surface area contributed by atoms with Gasteiger partial charge in [-0.1, -0.05) is 12.1 Å². The molecule has 1 aromatic heterocycles. The maximum Gasteiger partial charge on any atom is 0.374 e. The predicted octanol–water partition coefficient (Wildman–Crippen LogP) is 1.68. The number of benzene rings is 1. The van der Waals surface area contributed by atoms with Crippen LogP contribution in [0.5, 0.6) is 5.75 Å². The molecule has 0 radical (unpaired) electrons. The Morgan fingerprint density at radius 1 is 1.47 bits per heavy atom. The van der Waals surface area contributed by atoms with Crippen molar-refractivity contribution in [3.8, 4) is 5.75 Å². The number of esters is 1. The molecule has 0 aliphatic heterocycles. The van der Waals surface area contributed by atoms with Crippen LogP contribution in [-0.2, 0) is 4.74 Å². The first-order valence-electron chi connectivity index (χ1n) is 5.06. The Kier molecular flexibility index (Phi) is 2.82. The molecular weight excluding hydrogens is 224 g/mol. The molecular formula is C12H10O5. The average molecular weight is 234 g/mol. The summed E-state index contributed by atoms with van der Waals surface area (Å²) in [6.45, 7) is 1.85. The largest absolute Gasteiger partial charge is 0.507 e. The van der Waals surface area contributed by atoms with E-state index < -0.39 is 11.6 Å². The number of ether oxygens (including phenoxy) is 1. The number of fused-ring (bicyclic) bond motifs is 1. The molecule has 0 spiro atoms. The number of carbonyl (C=O) groups is 1. The van der Waals surface area contributed by atoms with Gasteiger partial charge in [-0.15, -0.1) is 0 Å². The standard InChI is InChI=1S/C12H10O5/c1-2-16-11(14)9-6-7-4-3-5-8(13)10(7)12(15)17-9/h3-6,13H,2H2,1H3. The minimum Gasteiger partial charge on any atom is -0.507 e. The second-order valence-corrected chi connectivity index (χ2v) is 3.36. The normalized spacial score (nSPS) is 10.4. The second kappa shape index (κ2) is 4.29. The monoisotopic (exact) mass is 234 g/mol. The van der Waals surface area contributed by atoms with Crippen LogP contribution in [0.15, 0.2) is 33.5 Å². The van der Waals surface area contributed by atoms with Gasteiger partial charge in [0.15, 0.2) is 0 Å². The molecule has 0 unspecified atom stereocenters. The Balaban J connectivity index is 2.65. The van der Waals surface area contributed by atoms with Crippen LogP contribution in [0, 0.1) is 0 Å². The van der Waals surface area contributed by atoms with E-state index >= 15 is 0 Å². The third-order valence-electron chi connectivity index (χ3n) is 2.24. The van der Waals surface area contributed by atoms with E-state index in [0.717, 1.165) is 0 Å². The Labute approximate surface area is 96.2 Å². The first kappa shape index (κ1) is 11.2. The number of phenols is 1. The van der Waals surface area contributed by atoms with Gasteiger partial charge in [-0.05, 0) is 24.4 Å². The zero-order valence-corrected chi connectivity index (χ0v) is 9.10. The van der Waals surface area contributed by atoms with Gasteiger partial charge in [0.1, 0.15) is 11.1 Å². The van der Waals surface area contributed by atoms with Gasteiger partial charge >= 0.3 is 11.6 Å². The fourth-order valence-corrected chi connectivity index (χ4v) is 1.52. The molecule has 0 amide bonds. The summed E-state index contributed by atoms with van der Waals surface area (Å²) in [7, 11) is 0. The molecule has 1 aromatic carbocycles. The van der Waals surface area contributed by atoms with Gasteiger partial charge in [0, 0.05) is 0 Å². The van der Waals surface area contributed by atoms with Crippen LogP contribution in [0.3, 0.4) is 0 Å². The van der Waals surface area contributed by atoms with E-state index in [1.807, 2.05) is 0 Å². The number of aromatic hydroxyl groups is 1. The molecule has 0 aliphatic carbocycles. The van der Waals surface area contributed by atoms with Crippen molar-refractivity contribution in [3.63, 3.8) is 0 Å². The third-order valence-corrected chi connectivity index (χ3v) is 2.24. The van der Waals surface area contributed by atoms with Crippen LogP contribution in [0.2, 0.25) is 0 Å². The van der Waals surface area contributed by atoms with Crippen LogP contribution >= 0.6 is 0 Å². The Morgan fingerprint density at radius 3 is 2.94 bits per heavy atom. The molecule has 0 saturated heterocycles. The summed E-state index contributed by atoms with van der Waals surface area (Å²) in [5.74, 6) is -1.04. The molecule has 5 heteroatoms. The quantitative estimate of drug-likeness (QED) is 0.800. The number of hydrogen-bond acceptors (Lipinski definition) is 5. The van der Waals surface area contributed by atoms with Gasteiger partial charge < -0.3 is 14.3 Å². The maximum atomic E-state index is 11.6. The first-order valence-corrected chi connectivity index (χ1v) is 5.06. The molecule has 2 rings (SSSR count). The molecule has 5 nitrogen and oxygen atoms in total. The number of hydrogen-bond donors (Lipinski definition) is 1. The van der Waals surface area contributed by atoms with Crippen LogP contribution in [0.1, 0.15) is 17.5 Å². The number of carbonyl (C=O) groups excluding carboxylic acids is 1. The maximum absolute atomic E-state index is 11.6. The van der Waals surface area contributed by atoms with Crippen LogP contribution in [0.4, 0.5) is 0 Å². The van der Waals surface area contributed by atoms with Crippen molar-refractivity contribution in [1.29, 1.82) is 0 Å². The van der Waals surface area contributed by atoms with Crippen molar-refractivity contribution in [2.45, 2.75) is 6.92 Å². The number of phenolic OH excluding ortho intramolecular Hbond substituents is 1. The van der Waals surface area contributed by atoms with E-state index in [0.29, 0.717) is 5.39 Å². The summed E-state index contributed by atoms with van der Waals surface area (Å²) < 4.78 is 9.52. The van der Waals surface area contributed by atoms with Crippen molar-refractivity contribution in [2.24, 2.45) is 0 Å². The van der Waals surface area contributed by atoms with Crippen molar-refractivity contribution >= 4 is 16.7 Å². The minimum atomic E-state index is -0.761. The molecule has 2 aromatic rings. The fraction of sp³-hybridized carbons (Fsp3) is 0.167. The zero-order valence-electron chi connectivity index (χ0n) is 9.10. The lowest BCUT2D eigenvalue weighted by molar-refractivity contribution is 0.0485. The lowest BCUT2D eigenvalue weighted by Gasteiger charge is -2.02. The van der Waals surface area contributed by atoms with Crippen molar-refractivity contribution in [3.05, 3.63) is 40.4 Å². The predicted molar refractivity (Wildman–Crippen MR) is 60.1 cm³/mol. The summed E-state index contributed by atoms with van der Waals surface area (Å²) >= 11 is 0. The molecule has 1 heterocycles. The smallest absolute Gasteiger partial charge is 0.374 e. The Morgan fingerprint density at radius 2 is 2.24 bits per heavy atom. The fourth-order valence-electron chi connectivity index (χ4n) is 1.52. The van der Waals surface area contributed by atoms with E-state index in [4.69, 9.17) is 9.15 Å². The van der Waals surface area contributed by atoms with Crippen molar-refractivity contribution < 1.29 is 19.1 Å². The van der Waals surface area contributed by atoms with Gasteiger partial charge in [-0.25, -0.2) is 9.59 Å². The number of rotatable bonds is 2. The van der Waals surface area contributed by atoms with Gasteiger partial charge in [0.2, 0.25) is 5.76 Å². The average Bonchev–Trinajstić information content (AvgIpc) is 2.29. The highest BCUT2D eigenvalue weighted by molar-refractivity contribution is 5.93. The van der Waals surface area contributed by atoms with E-state index in [9.17, 15) is 14.7 Å². The molecule has 0 aliphatic rings. The van der Waals surface area contributed by atoms with Gasteiger partial charge in [0.05, 0.1) is 6.61 Å². The van der Waals surface area contributed by atoms with E-state index in [2.05, 4.69) is 0 Å². The first-order chi connectivity index (χ1) is 8.13. The summed E-state index contributed by atoms with van der Waals surface area (Å²) in [6.07, 6.45) is 0. The lowest BCUT2D eigenvalue weighted by atomic mass is 10.1. The molecule has 0 saturated carbocycles. The summed E-state index contributed by atoms with van der Waals surface area (Å²) in [5.41, 5.74) is -0.761. The van der Waals surface area contributed by atoms with E-state index in [1.54, 1.807) is 19.1 Å². The third kappa shape index (κ3) is 1.99. The van der Waals surface area contributed by atoms with Gasteiger partial charge in [-0.3, -0.25) is 0 Å². The van der Waals surface area contributed by atoms with E-state index in [-0.39, 0.29) is 23.5 Å². The van der Waals surface area contributed by atoms with Gasteiger partial charge in [-0.2, -0.15) is 0 Å². The van der Waals surface area contributed by atoms with Crippen LogP contribution in [0.25, 0.3) is 10.8 Å². The van der Waals surface area contributed by atoms with E-state index in [1.165, 1.54) is 12.1 Å². The molecule has 0 atom stereocenters. The second-order valence-electron chi connectivity index (χ2n) is 3.36. The zero-order chi connectivity index (χ0) is 12.4. The van der Waals surface area contributed by atoms with Crippen molar-refractivity contribution in [2.75, 3.05) is 6.61 Å².